The second-order valence-electron chi connectivity index (χ2n) is 0. The van der Waals surface area contributed by atoms with Crippen molar-refractivity contribution in [2.75, 3.05) is 0 Å². The SMILES string of the molecule is O.O.O.O.O.[Ca+2].[Ca+2].[Cl-].[O-]Cl.[OH-].[OH-]. The van der Waals surface area contributed by atoms with Crippen LogP contribution in [-0.2, 0) is 0 Å². The molecule has 0 saturated heterocycles. The van der Waals surface area contributed by atoms with E-state index in [4.69, 9.17) is 4.66 Å². The molecule has 0 aromatic carbocycles. The topological polar surface area (TPSA) is 241 Å². The van der Waals surface area contributed by atoms with Crippen LogP contribution in [0.5, 0.6) is 0 Å². The third-order valence-corrected chi connectivity index (χ3v) is 0. The van der Waals surface area contributed by atoms with Crippen molar-refractivity contribution in [3.8, 4) is 0 Å². The second kappa shape index (κ2) is 291. The van der Waals surface area contributed by atoms with Gasteiger partial charge in [-0.15, -0.1) is 0 Å². The molecule has 0 rings (SSSR count). The summed E-state index contributed by atoms with van der Waals surface area (Å²) in [5, 5.41) is 0. The van der Waals surface area contributed by atoms with Gasteiger partial charge in [0.2, 0.25) is 0 Å². The molecule has 0 amide bonds. The first kappa shape index (κ1) is 196. The minimum absolute atomic E-state index is 0. The Labute approximate surface area is 140 Å². The van der Waals surface area contributed by atoms with Gasteiger partial charge < -0.3 is 55.4 Å². The summed E-state index contributed by atoms with van der Waals surface area (Å²) >= 11 is 3.39. The second-order valence-corrected chi connectivity index (χ2v) is 0. The molecule has 78 valence electrons. The van der Waals surface area contributed by atoms with Crippen molar-refractivity contribution in [3.05, 3.63) is 0 Å². The summed E-state index contributed by atoms with van der Waals surface area (Å²) in [7, 11) is 0. The fraction of sp³-hybridized carbons (Fsp3) is 0. The Morgan fingerprint density at radius 2 is 0.583 bits per heavy atom. The van der Waals surface area contributed by atoms with Crippen LogP contribution in [0.2, 0.25) is 0 Å². The minimum atomic E-state index is 0. The van der Waals surface area contributed by atoms with Crippen LogP contribution in [0.15, 0.2) is 0 Å². The van der Waals surface area contributed by atoms with E-state index < -0.39 is 0 Å². The molecule has 8 nitrogen and oxygen atoms in total. The Balaban J connectivity index is -0.000000000111. The Morgan fingerprint density at radius 3 is 0.583 bits per heavy atom. The fourth-order valence-electron chi connectivity index (χ4n) is 0. The van der Waals surface area contributed by atoms with E-state index in [-0.39, 0.29) is 126 Å². The van der Waals surface area contributed by atoms with Crippen LogP contribution >= 0.6 is 11.9 Å². The van der Waals surface area contributed by atoms with Crippen molar-refractivity contribution in [1.82, 2.24) is 0 Å². The summed E-state index contributed by atoms with van der Waals surface area (Å²) in [5.74, 6) is 0. The monoisotopic (exact) mass is 290 g/mol. The molecule has 0 fully saturated rings. The summed E-state index contributed by atoms with van der Waals surface area (Å²) < 4.78 is 7.72. The third-order valence-electron chi connectivity index (χ3n) is 0. The Kier molecular flexibility index (Phi) is 4770. The van der Waals surface area contributed by atoms with Crippen LogP contribution in [0, 0.1) is 0 Å². The van der Waals surface area contributed by atoms with Gasteiger partial charge in [0.25, 0.3) is 0 Å². The Hall–Kier alpha value is 2.78. The van der Waals surface area contributed by atoms with Crippen molar-refractivity contribution in [3.63, 3.8) is 0 Å². The molecule has 0 saturated carbocycles. The smallest absolute Gasteiger partial charge is 1.00 e. The summed E-state index contributed by atoms with van der Waals surface area (Å²) in [6.07, 6.45) is 0. The van der Waals surface area contributed by atoms with Gasteiger partial charge in [0, 0.05) is 0 Å². The van der Waals surface area contributed by atoms with E-state index in [2.05, 4.69) is 11.9 Å². The van der Waals surface area contributed by atoms with Gasteiger partial charge in [-0.3, -0.25) is 0 Å². The van der Waals surface area contributed by atoms with E-state index >= 15 is 0 Å². The van der Waals surface area contributed by atoms with Gasteiger partial charge in [0.05, 0.1) is 0 Å². The molecule has 0 aliphatic heterocycles. The van der Waals surface area contributed by atoms with Gasteiger partial charge >= 0.3 is 75.5 Å². The standard InChI is InChI=1S/2Ca.ClO.ClH.7H2O/c;;1-2;;;;;;;;/h;;;1H;7*1H2/q2*+2;-1;;;;;;;;/p-3. The zero-order valence-electron chi connectivity index (χ0n) is 5.97. The van der Waals surface area contributed by atoms with Crippen LogP contribution in [0.1, 0.15) is 0 Å². The van der Waals surface area contributed by atoms with Gasteiger partial charge in [0.15, 0.2) is 0 Å². The molecule has 0 unspecified atom stereocenters. The largest absolute Gasteiger partial charge is 2.00 e. The fourth-order valence-corrected chi connectivity index (χ4v) is 0. The molecule has 0 atom stereocenters. The molecule has 0 radical (unpaired) electrons. The zero-order chi connectivity index (χ0) is 2.00. The number of hydrogen-bond acceptors (Lipinski definition) is 3. The van der Waals surface area contributed by atoms with Crippen LogP contribution in [-0.4, -0.2) is 114 Å². The number of rotatable bonds is 0. The Bertz CT molecular complexity index is 15.0. The summed E-state index contributed by atoms with van der Waals surface area (Å²) in [6, 6.07) is 0. The van der Waals surface area contributed by atoms with Gasteiger partial charge in [-0.05, 0) is 0 Å². The van der Waals surface area contributed by atoms with Crippen LogP contribution in [0.3, 0.4) is 0 Å². The average Bonchev–Trinajstić information content (AvgIpc) is 1.00. The molecule has 12 heavy (non-hydrogen) atoms. The predicted molar refractivity (Wildman–Crippen MR) is 39.3 cm³/mol. The van der Waals surface area contributed by atoms with E-state index in [0.29, 0.717) is 0 Å². The minimum Gasteiger partial charge on any atom is -1.00 e. The van der Waals surface area contributed by atoms with E-state index in [1.807, 2.05) is 0 Å². The molecular formula is H12Ca2Cl2O8. The van der Waals surface area contributed by atoms with Crippen molar-refractivity contribution >= 4 is 87.3 Å². The van der Waals surface area contributed by atoms with Crippen molar-refractivity contribution in [2.24, 2.45) is 0 Å². The molecular weight excluding hydrogens is 279 g/mol. The molecule has 0 aromatic heterocycles. The normalized spacial score (nSPS) is 0.500. The first-order chi connectivity index (χ1) is 1.00. The maximum Gasteiger partial charge on any atom is 2.00 e. The summed E-state index contributed by atoms with van der Waals surface area (Å²) in [4.78, 5) is 0. The predicted octanol–water partition coefficient (Wildman–Crippen LogP) is -8.73. The molecule has 0 aliphatic rings. The third kappa shape index (κ3) is 230. The molecule has 0 spiro atoms. The van der Waals surface area contributed by atoms with Gasteiger partial charge in [-0.25, -0.2) is 11.9 Å². The zero-order valence-corrected chi connectivity index (χ0v) is 11.9. The van der Waals surface area contributed by atoms with Gasteiger partial charge in [-0.2, -0.15) is 0 Å². The van der Waals surface area contributed by atoms with Crippen LogP contribution in [0.4, 0.5) is 0 Å². The Morgan fingerprint density at radius 1 is 0.583 bits per heavy atom. The maximum atomic E-state index is 7.72. The van der Waals surface area contributed by atoms with Crippen LogP contribution < -0.4 is 17.1 Å². The van der Waals surface area contributed by atoms with Crippen molar-refractivity contribution < 1.29 is 55.4 Å². The molecule has 12 heteroatoms. The summed E-state index contributed by atoms with van der Waals surface area (Å²) in [6.45, 7) is 0. The van der Waals surface area contributed by atoms with E-state index in [0.717, 1.165) is 0 Å². The van der Waals surface area contributed by atoms with Crippen molar-refractivity contribution in [1.29, 1.82) is 0 Å². The van der Waals surface area contributed by atoms with Crippen molar-refractivity contribution in [2.45, 2.75) is 0 Å². The molecule has 0 heterocycles. The number of halogens is 2. The number of hydrogen-bond donors (Lipinski definition) is 0. The quantitative estimate of drug-likeness (QED) is 0.395. The molecule has 12 N–H and O–H groups in total. The van der Waals surface area contributed by atoms with E-state index in [9.17, 15) is 0 Å². The molecule has 0 bridgehead atoms. The average molecular weight is 291 g/mol. The maximum absolute atomic E-state index is 7.72. The van der Waals surface area contributed by atoms with Gasteiger partial charge in [0.1, 0.15) is 0 Å². The first-order valence-electron chi connectivity index (χ1n) is 0.154. The van der Waals surface area contributed by atoms with Gasteiger partial charge in [-0.1, -0.05) is 0 Å². The van der Waals surface area contributed by atoms with E-state index in [1.54, 1.807) is 0 Å². The van der Waals surface area contributed by atoms with Crippen LogP contribution in [0.25, 0.3) is 0 Å². The van der Waals surface area contributed by atoms with E-state index in [1.165, 1.54) is 0 Å². The molecule has 0 aromatic rings. The summed E-state index contributed by atoms with van der Waals surface area (Å²) in [5.41, 5.74) is 0. The molecule has 0 aliphatic carbocycles. The first-order valence-corrected chi connectivity index (χ1v) is 0.463.